The van der Waals surface area contributed by atoms with E-state index < -0.39 is 11.1 Å². The van der Waals surface area contributed by atoms with Crippen molar-refractivity contribution < 1.29 is 118 Å². The summed E-state index contributed by atoms with van der Waals surface area (Å²) in [5.41, 5.74) is 0. The van der Waals surface area contributed by atoms with Crippen LogP contribution >= 0.6 is 0 Å². The summed E-state index contributed by atoms with van der Waals surface area (Å²) in [5, 5.41) is 23.6. The molecule has 0 amide bonds. The summed E-state index contributed by atoms with van der Waals surface area (Å²) in [6, 6.07) is 0. The number of aliphatic carboxylic acids is 1. The zero-order valence-corrected chi connectivity index (χ0v) is 12.2. The van der Waals surface area contributed by atoms with E-state index in [1.165, 1.54) is 0 Å². The van der Waals surface area contributed by atoms with Crippen molar-refractivity contribution in [3.8, 4) is 0 Å². The van der Waals surface area contributed by atoms with E-state index in [-0.39, 0.29) is 103 Å². The molecule has 0 aromatic carbocycles. The molecule has 0 fully saturated rings. The summed E-state index contributed by atoms with van der Waals surface area (Å²) in [5.74, 6) is -1.08. The summed E-state index contributed by atoms with van der Waals surface area (Å²) in [6.07, 6.45) is 0. The smallest absolute Gasteiger partial charge is 0.550 e. The van der Waals surface area contributed by atoms with Crippen molar-refractivity contribution in [3.63, 3.8) is 0 Å². The first kappa shape index (κ1) is 22.7. The van der Waals surface area contributed by atoms with Crippen molar-refractivity contribution in [2.24, 2.45) is 0 Å². The maximum atomic E-state index is 8.89. The van der Waals surface area contributed by atoms with Gasteiger partial charge in [-0.2, -0.15) is 0 Å². The van der Waals surface area contributed by atoms with E-state index >= 15 is 0 Å². The fourth-order valence-electron chi connectivity index (χ4n) is 0. The minimum absolute atomic E-state index is 0. The van der Waals surface area contributed by atoms with Crippen LogP contribution in [0.3, 0.4) is 0 Å². The Morgan fingerprint density at radius 1 is 1.30 bits per heavy atom. The van der Waals surface area contributed by atoms with Gasteiger partial charge >= 0.3 is 103 Å². The number of carboxylic acid groups (broad SMARTS) is 1. The fraction of sp³-hybridized carbons (Fsp3) is 0.500. The van der Waals surface area contributed by atoms with E-state index in [0.717, 1.165) is 6.92 Å². The van der Waals surface area contributed by atoms with Gasteiger partial charge in [0.05, 0.1) is 5.09 Å². The number of hydrogen-bond donors (Lipinski definition) is 0. The average molecular weight is 199 g/mol. The van der Waals surface area contributed by atoms with Crippen molar-refractivity contribution in [2.75, 3.05) is 0 Å². The number of carbonyl (C=O) groups is 1. The zero-order chi connectivity index (χ0) is 7.15. The molecule has 48 valence electrons. The van der Waals surface area contributed by atoms with Crippen LogP contribution in [0.15, 0.2) is 0 Å². The minimum Gasteiger partial charge on any atom is -0.550 e. The standard InChI is InChI=1S/C2H4O2.2K.NO3/c1-2(3)4;;;2-1(3)4/h1H3,(H,3,4);;;/q;2*+1;-1/p-1. The first-order chi connectivity index (χ1) is 3.46. The van der Waals surface area contributed by atoms with Crippen LogP contribution in [-0.2, 0) is 4.79 Å². The van der Waals surface area contributed by atoms with Crippen molar-refractivity contribution in [2.45, 2.75) is 6.92 Å². The largest absolute Gasteiger partial charge is 1.00 e. The van der Waals surface area contributed by atoms with Gasteiger partial charge < -0.3 is 25.2 Å². The van der Waals surface area contributed by atoms with Gasteiger partial charge in [0.15, 0.2) is 0 Å². The van der Waals surface area contributed by atoms with Crippen LogP contribution in [0, 0.1) is 15.3 Å². The molecule has 0 bridgehead atoms. The molecule has 8 heteroatoms. The van der Waals surface area contributed by atoms with Crippen LogP contribution in [0.25, 0.3) is 0 Å². The molecule has 0 rings (SSSR count). The minimum atomic E-state index is -1.75. The van der Waals surface area contributed by atoms with Crippen LogP contribution in [0.1, 0.15) is 6.92 Å². The summed E-state index contributed by atoms with van der Waals surface area (Å²) in [6.45, 7) is 0.972. The molecule has 0 aliphatic rings. The second-order valence-corrected chi connectivity index (χ2v) is 0.715. The number of nitrogens with zero attached hydrogens (tertiary/aromatic N) is 1. The molecule has 0 heterocycles. The van der Waals surface area contributed by atoms with Gasteiger partial charge in [0, 0.05) is 5.97 Å². The summed E-state index contributed by atoms with van der Waals surface area (Å²) in [4.78, 5) is 17.1. The molecule has 0 aromatic rings. The third kappa shape index (κ3) is 211. The molecule has 0 aliphatic carbocycles. The van der Waals surface area contributed by atoms with Gasteiger partial charge in [0.1, 0.15) is 0 Å². The van der Waals surface area contributed by atoms with Crippen LogP contribution in [0.5, 0.6) is 0 Å². The van der Waals surface area contributed by atoms with Crippen molar-refractivity contribution >= 4 is 5.97 Å². The van der Waals surface area contributed by atoms with Gasteiger partial charge in [0.25, 0.3) is 0 Å². The fourth-order valence-corrected chi connectivity index (χ4v) is 0. The average Bonchev–Trinajstić information content (AvgIpc) is 1.25. The van der Waals surface area contributed by atoms with E-state index in [2.05, 4.69) is 0 Å². The SMILES string of the molecule is CC(=O)[O-].O=[N+]([O-])[O-].[K+].[K+]. The third-order valence-corrected chi connectivity index (χ3v) is 0. The monoisotopic (exact) mass is 199 g/mol. The van der Waals surface area contributed by atoms with Gasteiger partial charge in [-0.05, 0) is 6.92 Å². The van der Waals surface area contributed by atoms with E-state index in [4.69, 9.17) is 25.2 Å². The van der Waals surface area contributed by atoms with Crippen molar-refractivity contribution in [3.05, 3.63) is 15.3 Å². The molecule has 0 N–H and O–H groups in total. The first-order valence-electron chi connectivity index (χ1n) is 1.46. The van der Waals surface area contributed by atoms with Gasteiger partial charge in [-0.25, -0.2) is 0 Å². The van der Waals surface area contributed by atoms with Gasteiger partial charge in [-0.15, -0.1) is 0 Å². The van der Waals surface area contributed by atoms with Crippen molar-refractivity contribution in [1.29, 1.82) is 0 Å². The number of hydrogen-bond acceptors (Lipinski definition) is 5. The molecule has 0 atom stereocenters. The predicted molar refractivity (Wildman–Crippen MR) is 21.0 cm³/mol. The van der Waals surface area contributed by atoms with Crippen LogP contribution in [0.4, 0.5) is 0 Å². The maximum Gasteiger partial charge on any atom is 1.00 e. The Hall–Kier alpha value is 1.94. The maximum absolute atomic E-state index is 8.89. The van der Waals surface area contributed by atoms with E-state index in [0.29, 0.717) is 0 Å². The molecule has 10 heavy (non-hydrogen) atoms. The molecular weight excluding hydrogens is 196 g/mol. The Kier molecular flexibility index (Phi) is 38.9. The molecular formula is C2H3K2NO5. The van der Waals surface area contributed by atoms with Crippen LogP contribution in [0.2, 0.25) is 0 Å². The van der Waals surface area contributed by atoms with E-state index in [1.807, 2.05) is 0 Å². The molecule has 0 radical (unpaired) electrons. The Morgan fingerprint density at radius 2 is 1.30 bits per heavy atom. The van der Waals surface area contributed by atoms with Crippen LogP contribution < -0.4 is 108 Å². The summed E-state index contributed by atoms with van der Waals surface area (Å²) >= 11 is 0. The Labute approximate surface area is 142 Å². The molecule has 0 spiro atoms. The molecule has 0 saturated heterocycles. The topological polar surface area (TPSA) is 106 Å². The molecule has 0 saturated carbocycles. The zero-order valence-electron chi connectivity index (χ0n) is 5.99. The second-order valence-electron chi connectivity index (χ2n) is 0.715. The molecule has 6 nitrogen and oxygen atoms in total. The quantitative estimate of drug-likeness (QED) is 0.219. The van der Waals surface area contributed by atoms with E-state index in [1.54, 1.807) is 0 Å². The third-order valence-electron chi connectivity index (χ3n) is 0. The van der Waals surface area contributed by atoms with Crippen molar-refractivity contribution in [1.82, 2.24) is 0 Å². The summed E-state index contributed by atoms with van der Waals surface area (Å²) in [7, 11) is 0. The number of rotatable bonds is 0. The molecule has 0 aliphatic heterocycles. The Bertz CT molecular complexity index is 75.6. The molecule has 0 unspecified atom stereocenters. The van der Waals surface area contributed by atoms with Gasteiger partial charge in [0.2, 0.25) is 0 Å². The Morgan fingerprint density at radius 3 is 1.30 bits per heavy atom. The number of carboxylic acids is 1. The van der Waals surface area contributed by atoms with E-state index in [9.17, 15) is 0 Å². The Balaban J connectivity index is -0.0000000300. The van der Waals surface area contributed by atoms with Gasteiger partial charge in [-0.1, -0.05) is 0 Å². The summed E-state index contributed by atoms with van der Waals surface area (Å²) < 4.78 is 0. The molecule has 0 aromatic heterocycles. The van der Waals surface area contributed by atoms with Gasteiger partial charge in [-0.3, -0.25) is 0 Å². The first-order valence-corrected chi connectivity index (χ1v) is 1.46. The normalized spacial score (nSPS) is 4.90. The number of carbonyl (C=O) groups excluding carboxylic acids is 1. The second kappa shape index (κ2) is 17.1. The van der Waals surface area contributed by atoms with Crippen LogP contribution in [-0.4, -0.2) is 11.1 Å². The predicted octanol–water partition coefficient (Wildman–Crippen LogP) is -7.47.